The maximum atomic E-state index is 13.1. The average Bonchev–Trinajstić information content (AvgIpc) is 3.22. The minimum Gasteiger partial charge on any atom is -0.467 e. The van der Waals surface area contributed by atoms with Crippen LogP contribution < -0.4 is 0 Å². The van der Waals surface area contributed by atoms with Crippen molar-refractivity contribution in [2.45, 2.75) is 51.9 Å². The zero-order chi connectivity index (χ0) is 23.8. The summed E-state index contributed by atoms with van der Waals surface area (Å²) >= 11 is 0. The van der Waals surface area contributed by atoms with E-state index >= 15 is 0 Å². The number of hydrogen-bond acceptors (Lipinski definition) is 5. The molecule has 0 aliphatic rings. The summed E-state index contributed by atoms with van der Waals surface area (Å²) in [6.45, 7) is 6.26. The van der Waals surface area contributed by atoms with Crippen LogP contribution in [0.4, 0.5) is 4.79 Å². The molecule has 0 saturated carbocycles. The van der Waals surface area contributed by atoms with Crippen molar-refractivity contribution >= 4 is 12.1 Å². The number of methoxy groups -OCH3 is 1. The highest BCUT2D eigenvalue weighted by atomic mass is 16.6. The molecule has 0 unspecified atom stereocenters. The summed E-state index contributed by atoms with van der Waals surface area (Å²) in [6, 6.07) is 18.6. The molecule has 0 bridgehead atoms. The van der Waals surface area contributed by atoms with Gasteiger partial charge in [-0.15, -0.1) is 0 Å². The van der Waals surface area contributed by atoms with Gasteiger partial charge in [0, 0.05) is 25.7 Å². The van der Waals surface area contributed by atoms with Crippen molar-refractivity contribution in [1.82, 2.24) is 14.5 Å². The lowest BCUT2D eigenvalue weighted by Crippen LogP contribution is -2.48. The third kappa shape index (κ3) is 7.20. The van der Waals surface area contributed by atoms with Crippen molar-refractivity contribution < 1.29 is 19.1 Å². The molecule has 7 heteroatoms. The number of carbonyl (C=O) groups is 2. The van der Waals surface area contributed by atoms with Crippen LogP contribution in [0, 0.1) is 0 Å². The second-order valence-electron chi connectivity index (χ2n) is 8.86. The highest BCUT2D eigenvalue weighted by Gasteiger charge is 2.34. The highest BCUT2D eigenvalue weighted by Crippen LogP contribution is 2.19. The number of imidazole rings is 1. The molecule has 3 rings (SSSR count). The van der Waals surface area contributed by atoms with Gasteiger partial charge in [0.15, 0.2) is 0 Å². The first-order valence-electron chi connectivity index (χ1n) is 10.9. The zero-order valence-corrected chi connectivity index (χ0v) is 19.6. The first-order valence-corrected chi connectivity index (χ1v) is 10.9. The fourth-order valence-corrected chi connectivity index (χ4v) is 3.45. The second kappa shape index (κ2) is 10.8. The molecule has 0 spiro atoms. The summed E-state index contributed by atoms with van der Waals surface area (Å²) in [5, 5.41) is 0. The van der Waals surface area contributed by atoms with E-state index in [9.17, 15) is 9.59 Å². The number of esters is 1. The van der Waals surface area contributed by atoms with Gasteiger partial charge >= 0.3 is 12.1 Å². The molecule has 0 saturated heterocycles. The topological polar surface area (TPSA) is 73.7 Å². The maximum Gasteiger partial charge on any atom is 0.411 e. The van der Waals surface area contributed by atoms with Gasteiger partial charge in [-0.25, -0.2) is 14.6 Å². The van der Waals surface area contributed by atoms with Crippen LogP contribution in [0.5, 0.6) is 0 Å². The molecule has 1 aromatic heterocycles. The van der Waals surface area contributed by atoms with Gasteiger partial charge < -0.3 is 14.0 Å². The quantitative estimate of drug-likeness (QED) is 0.475. The molecule has 2 aromatic carbocycles. The lowest BCUT2D eigenvalue weighted by Gasteiger charge is -2.32. The van der Waals surface area contributed by atoms with Gasteiger partial charge in [-0.3, -0.25) is 4.90 Å². The Hall–Kier alpha value is -3.61. The summed E-state index contributed by atoms with van der Waals surface area (Å²) in [4.78, 5) is 31.8. The van der Waals surface area contributed by atoms with Crippen LogP contribution in [0.25, 0.3) is 0 Å². The van der Waals surface area contributed by atoms with E-state index in [-0.39, 0.29) is 13.0 Å². The molecule has 0 aliphatic carbocycles. The standard InChI is InChI=1S/C26H31N3O4/c1-26(2,3)33-25(31)29(17-21-13-9-6-10-14-21)23(24(30)32-4)15-22-18-28(19-27-22)16-20-11-7-5-8-12-20/h5-14,18-19,23H,15-17H2,1-4H3/t23-/m0/s1. The monoisotopic (exact) mass is 449 g/mol. The number of amides is 1. The van der Waals surface area contributed by atoms with Crippen molar-refractivity contribution in [1.29, 1.82) is 0 Å². The van der Waals surface area contributed by atoms with Gasteiger partial charge in [-0.1, -0.05) is 60.7 Å². The van der Waals surface area contributed by atoms with E-state index in [0.717, 1.165) is 11.1 Å². The van der Waals surface area contributed by atoms with Gasteiger partial charge in [-0.05, 0) is 31.9 Å². The lowest BCUT2D eigenvalue weighted by atomic mass is 10.1. The molecule has 7 nitrogen and oxygen atoms in total. The molecule has 1 heterocycles. The molecule has 33 heavy (non-hydrogen) atoms. The molecule has 0 fully saturated rings. The summed E-state index contributed by atoms with van der Waals surface area (Å²) in [5.41, 5.74) is 2.00. The molecule has 1 atom stereocenters. The van der Waals surface area contributed by atoms with Gasteiger partial charge in [0.2, 0.25) is 0 Å². The Morgan fingerprint density at radius 3 is 2.18 bits per heavy atom. The van der Waals surface area contributed by atoms with Gasteiger partial charge in [0.1, 0.15) is 11.6 Å². The normalized spacial score (nSPS) is 12.1. The van der Waals surface area contributed by atoms with E-state index < -0.39 is 23.7 Å². The van der Waals surface area contributed by atoms with Crippen molar-refractivity contribution in [2.24, 2.45) is 0 Å². The Labute approximate surface area is 195 Å². The van der Waals surface area contributed by atoms with Crippen LogP contribution in [-0.2, 0) is 33.8 Å². The van der Waals surface area contributed by atoms with Crippen molar-refractivity contribution in [2.75, 3.05) is 7.11 Å². The Morgan fingerprint density at radius 2 is 1.61 bits per heavy atom. The molecule has 0 N–H and O–H groups in total. The first kappa shape index (κ1) is 24.0. The van der Waals surface area contributed by atoms with E-state index in [1.165, 1.54) is 12.0 Å². The third-order valence-corrected chi connectivity index (χ3v) is 4.97. The van der Waals surface area contributed by atoms with E-state index in [0.29, 0.717) is 12.2 Å². The van der Waals surface area contributed by atoms with Crippen molar-refractivity contribution in [3.8, 4) is 0 Å². The average molecular weight is 450 g/mol. The van der Waals surface area contributed by atoms with Crippen LogP contribution in [-0.4, -0.2) is 45.3 Å². The second-order valence-corrected chi connectivity index (χ2v) is 8.86. The summed E-state index contributed by atoms with van der Waals surface area (Å²) in [5.74, 6) is -0.519. The predicted molar refractivity (Wildman–Crippen MR) is 125 cm³/mol. The van der Waals surface area contributed by atoms with E-state index in [1.54, 1.807) is 27.1 Å². The SMILES string of the molecule is COC(=O)[C@H](Cc1cn(Cc2ccccc2)cn1)N(Cc1ccccc1)C(=O)OC(C)(C)C. The number of benzene rings is 2. The zero-order valence-electron chi connectivity index (χ0n) is 19.6. The molecule has 1 amide bonds. The van der Waals surface area contributed by atoms with Crippen LogP contribution in [0.1, 0.15) is 37.6 Å². The van der Waals surface area contributed by atoms with Crippen LogP contribution >= 0.6 is 0 Å². The van der Waals surface area contributed by atoms with Gasteiger partial charge in [0.05, 0.1) is 19.1 Å². The molecule has 0 radical (unpaired) electrons. The number of ether oxygens (including phenoxy) is 2. The maximum absolute atomic E-state index is 13.1. The van der Waals surface area contributed by atoms with Gasteiger partial charge in [-0.2, -0.15) is 0 Å². The van der Waals surface area contributed by atoms with Crippen molar-refractivity contribution in [3.63, 3.8) is 0 Å². The smallest absolute Gasteiger partial charge is 0.411 e. The first-order chi connectivity index (χ1) is 15.7. The number of aromatic nitrogens is 2. The molecule has 174 valence electrons. The Bertz CT molecular complexity index is 1040. The largest absolute Gasteiger partial charge is 0.467 e. The molecule has 0 aliphatic heterocycles. The molecular weight excluding hydrogens is 418 g/mol. The summed E-state index contributed by atoms with van der Waals surface area (Å²) < 4.78 is 12.6. The number of carbonyl (C=O) groups excluding carboxylic acids is 2. The fourth-order valence-electron chi connectivity index (χ4n) is 3.45. The summed E-state index contributed by atoms with van der Waals surface area (Å²) in [6.07, 6.45) is 3.25. The Balaban J connectivity index is 1.85. The van der Waals surface area contributed by atoms with E-state index in [1.807, 2.05) is 71.4 Å². The number of rotatable bonds is 8. The Morgan fingerprint density at radius 1 is 1.00 bits per heavy atom. The van der Waals surface area contributed by atoms with Gasteiger partial charge in [0.25, 0.3) is 0 Å². The molecule has 3 aromatic rings. The highest BCUT2D eigenvalue weighted by molar-refractivity contribution is 5.81. The summed E-state index contributed by atoms with van der Waals surface area (Å²) in [7, 11) is 1.32. The van der Waals surface area contributed by atoms with Crippen LogP contribution in [0.15, 0.2) is 73.2 Å². The molecular formula is C26H31N3O4. The van der Waals surface area contributed by atoms with Crippen LogP contribution in [0.3, 0.4) is 0 Å². The van der Waals surface area contributed by atoms with Crippen molar-refractivity contribution in [3.05, 3.63) is 90.0 Å². The lowest BCUT2D eigenvalue weighted by molar-refractivity contribution is -0.147. The van der Waals surface area contributed by atoms with E-state index in [4.69, 9.17) is 9.47 Å². The predicted octanol–water partition coefficient (Wildman–Crippen LogP) is 4.45. The fraction of sp³-hybridized carbons (Fsp3) is 0.346. The number of nitrogens with zero attached hydrogens (tertiary/aromatic N) is 3. The van der Waals surface area contributed by atoms with Crippen LogP contribution in [0.2, 0.25) is 0 Å². The minimum atomic E-state index is -0.884. The Kier molecular flexibility index (Phi) is 7.87. The van der Waals surface area contributed by atoms with E-state index in [2.05, 4.69) is 4.98 Å². The number of hydrogen-bond donors (Lipinski definition) is 0. The third-order valence-electron chi connectivity index (χ3n) is 4.97. The minimum absolute atomic E-state index is 0.209.